The van der Waals surface area contributed by atoms with Gasteiger partial charge in [0.25, 0.3) is 0 Å². The molecule has 0 saturated carbocycles. The van der Waals surface area contributed by atoms with Gasteiger partial charge in [-0.3, -0.25) is 4.90 Å². The van der Waals surface area contributed by atoms with E-state index in [1.54, 1.807) is 6.20 Å². The Bertz CT molecular complexity index is 649. The van der Waals surface area contributed by atoms with Crippen LogP contribution < -0.4 is 5.73 Å². The van der Waals surface area contributed by atoms with Crippen molar-refractivity contribution in [1.82, 2.24) is 19.7 Å². The third-order valence-corrected chi connectivity index (χ3v) is 4.82. The Morgan fingerprint density at radius 2 is 2.14 bits per heavy atom. The number of nitrogens with zero attached hydrogens (tertiary/aromatic N) is 4. The van der Waals surface area contributed by atoms with Crippen molar-refractivity contribution in [2.75, 3.05) is 19.6 Å². The number of hydrogen-bond donors (Lipinski definition) is 1. The van der Waals surface area contributed by atoms with Gasteiger partial charge >= 0.3 is 0 Å². The number of rotatable bonds is 4. The molecule has 118 valence electrons. The summed E-state index contributed by atoms with van der Waals surface area (Å²) in [5.41, 5.74) is 9.75. The highest BCUT2D eigenvalue weighted by atomic mass is 15.3. The molecule has 22 heavy (non-hydrogen) atoms. The molecule has 1 aliphatic heterocycles. The van der Waals surface area contributed by atoms with Crippen molar-refractivity contribution < 1.29 is 0 Å². The van der Waals surface area contributed by atoms with Crippen LogP contribution in [0, 0.1) is 19.3 Å². The minimum Gasteiger partial charge on any atom is -0.330 e. The lowest BCUT2D eigenvalue weighted by molar-refractivity contribution is 0.273. The predicted octanol–water partition coefficient (Wildman–Crippen LogP) is 2.05. The number of aromatic nitrogens is 3. The lowest BCUT2D eigenvalue weighted by atomic mass is 9.90. The molecule has 2 aromatic rings. The van der Waals surface area contributed by atoms with Crippen molar-refractivity contribution in [1.29, 1.82) is 0 Å². The number of nitrogens with two attached hydrogens (primary N) is 1. The largest absolute Gasteiger partial charge is 0.330 e. The molecule has 1 unspecified atom stereocenters. The molecular formula is C17H25N5. The van der Waals surface area contributed by atoms with Crippen molar-refractivity contribution in [3.8, 4) is 5.82 Å². The van der Waals surface area contributed by atoms with Gasteiger partial charge in [-0.25, -0.2) is 9.67 Å². The van der Waals surface area contributed by atoms with Crippen molar-refractivity contribution in [2.45, 2.75) is 33.7 Å². The molecule has 5 nitrogen and oxygen atoms in total. The second-order valence-electron chi connectivity index (χ2n) is 6.72. The zero-order valence-corrected chi connectivity index (χ0v) is 13.7. The standard InChI is InChI=1S/C17H25N5/c1-13-15(10-21-9-7-17(3,11-18)12-21)14(2)22(20-13)16-6-4-5-8-19-16/h4-6,8H,7,9-12,18H2,1-3H3. The summed E-state index contributed by atoms with van der Waals surface area (Å²) < 4.78 is 1.95. The van der Waals surface area contributed by atoms with Gasteiger partial charge in [-0.1, -0.05) is 13.0 Å². The molecule has 1 fully saturated rings. The molecule has 5 heteroatoms. The van der Waals surface area contributed by atoms with E-state index in [0.717, 1.165) is 37.7 Å². The summed E-state index contributed by atoms with van der Waals surface area (Å²) in [5.74, 6) is 0.877. The van der Waals surface area contributed by atoms with E-state index in [1.165, 1.54) is 17.7 Å². The number of aryl methyl sites for hydroxylation is 1. The van der Waals surface area contributed by atoms with E-state index in [2.05, 4.69) is 35.8 Å². The molecule has 3 rings (SSSR count). The molecule has 2 aromatic heterocycles. The molecule has 1 aliphatic rings. The molecule has 0 amide bonds. The van der Waals surface area contributed by atoms with Crippen LogP contribution >= 0.6 is 0 Å². The van der Waals surface area contributed by atoms with E-state index >= 15 is 0 Å². The minimum absolute atomic E-state index is 0.263. The second-order valence-corrected chi connectivity index (χ2v) is 6.72. The van der Waals surface area contributed by atoms with Crippen LogP contribution in [0.3, 0.4) is 0 Å². The normalized spacial score (nSPS) is 22.4. The van der Waals surface area contributed by atoms with E-state index in [1.807, 2.05) is 22.9 Å². The van der Waals surface area contributed by atoms with Gasteiger partial charge in [-0.05, 0) is 50.9 Å². The van der Waals surface area contributed by atoms with Crippen LogP contribution in [0.15, 0.2) is 24.4 Å². The van der Waals surface area contributed by atoms with Crippen LogP contribution in [0.5, 0.6) is 0 Å². The van der Waals surface area contributed by atoms with Gasteiger partial charge in [-0.15, -0.1) is 0 Å². The van der Waals surface area contributed by atoms with Crippen LogP contribution in [-0.2, 0) is 6.54 Å². The van der Waals surface area contributed by atoms with E-state index in [0.29, 0.717) is 0 Å². The zero-order chi connectivity index (χ0) is 15.7. The lowest BCUT2D eigenvalue weighted by Crippen LogP contribution is -2.31. The third kappa shape index (κ3) is 2.78. The molecule has 0 bridgehead atoms. The Labute approximate surface area is 132 Å². The fraction of sp³-hybridized carbons (Fsp3) is 0.529. The molecule has 0 spiro atoms. The minimum atomic E-state index is 0.263. The van der Waals surface area contributed by atoms with Crippen molar-refractivity contribution in [3.05, 3.63) is 41.3 Å². The van der Waals surface area contributed by atoms with Crippen molar-refractivity contribution in [2.24, 2.45) is 11.1 Å². The van der Waals surface area contributed by atoms with Gasteiger partial charge in [0.1, 0.15) is 0 Å². The average molecular weight is 299 g/mol. The third-order valence-electron chi connectivity index (χ3n) is 4.82. The first-order valence-electron chi connectivity index (χ1n) is 7.91. The summed E-state index contributed by atoms with van der Waals surface area (Å²) in [4.78, 5) is 6.90. The van der Waals surface area contributed by atoms with Gasteiger partial charge < -0.3 is 5.73 Å². The van der Waals surface area contributed by atoms with E-state index < -0.39 is 0 Å². The average Bonchev–Trinajstić information content (AvgIpc) is 3.04. The summed E-state index contributed by atoms with van der Waals surface area (Å²) in [6, 6.07) is 5.91. The highest BCUT2D eigenvalue weighted by Gasteiger charge is 2.33. The molecule has 0 radical (unpaired) electrons. The van der Waals surface area contributed by atoms with Crippen LogP contribution in [0.1, 0.15) is 30.3 Å². The second kappa shape index (κ2) is 5.82. The van der Waals surface area contributed by atoms with E-state index in [4.69, 9.17) is 5.73 Å². The Morgan fingerprint density at radius 1 is 1.32 bits per heavy atom. The first-order chi connectivity index (χ1) is 10.5. The Morgan fingerprint density at radius 3 is 2.77 bits per heavy atom. The van der Waals surface area contributed by atoms with Gasteiger partial charge in [0, 0.05) is 30.5 Å². The fourth-order valence-corrected chi connectivity index (χ4v) is 3.26. The number of pyridine rings is 1. The highest BCUT2D eigenvalue weighted by Crippen LogP contribution is 2.30. The quantitative estimate of drug-likeness (QED) is 0.938. The summed E-state index contributed by atoms with van der Waals surface area (Å²) in [7, 11) is 0. The smallest absolute Gasteiger partial charge is 0.153 e. The molecule has 1 atom stereocenters. The Kier molecular flexibility index (Phi) is 4.02. The van der Waals surface area contributed by atoms with Crippen LogP contribution in [0.2, 0.25) is 0 Å². The van der Waals surface area contributed by atoms with Crippen LogP contribution in [-0.4, -0.2) is 39.3 Å². The van der Waals surface area contributed by atoms with Crippen LogP contribution in [0.4, 0.5) is 0 Å². The van der Waals surface area contributed by atoms with Gasteiger partial charge in [0.15, 0.2) is 5.82 Å². The summed E-state index contributed by atoms with van der Waals surface area (Å²) in [6.07, 6.45) is 2.98. The van der Waals surface area contributed by atoms with Gasteiger partial charge in [0.2, 0.25) is 0 Å². The molecule has 3 heterocycles. The van der Waals surface area contributed by atoms with Crippen molar-refractivity contribution >= 4 is 0 Å². The molecule has 2 N–H and O–H groups in total. The Balaban J connectivity index is 1.83. The first-order valence-corrected chi connectivity index (χ1v) is 7.91. The summed E-state index contributed by atoms with van der Waals surface area (Å²) in [5, 5.41) is 4.68. The monoisotopic (exact) mass is 299 g/mol. The van der Waals surface area contributed by atoms with Crippen molar-refractivity contribution in [3.63, 3.8) is 0 Å². The lowest BCUT2D eigenvalue weighted by Gasteiger charge is -2.22. The van der Waals surface area contributed by atoms with Gasteiger partial charge in [-0.2, -0.15) is 5.10 Å². The topological polar surface area (TPSA) is 60.0 Å². The zero-order valence-electron chi connectivity index (χ0n) is 13.7. The fourth-order valence-electron chi connectivity index (χ4n) is 3.26. The number of hydrogen-bond acceptors (Lipinski definition) is 4. The van der Waals surface area contributed by atoms with E-state index in [-0.39, 0.29) is 5.41 Å². The summed E-state index contributed by atoms with van der Waals surface area (Å²) >= 11 is 0. The summed E-state index contributed by atoms with van der Waals surface area (Å²) in [6.45, 7) is 10.4. The Hall–Kier alpha value is -1.72. The van der Waals surface area contributed by atoms with E-state index in [9.17, 15) is 0 Å². The predicted molar refractivity (Wildman–Crippen MR) is 87.9 cm³/mol. The first kappa shape index (κ1) is 15.2. The molecule has 0 aromatic carbocycles. The molecule has 0 aliphatic carbocycles. The maximum absolute atomic E-state index is 5.91. The SMILES string of the molecule is Cc1nn(-c2ccccn2)c(C)c1CN1CCC(C)(CN)C1. The molecular weight excluding hydrogens is 274 g/mol. The van der Waals surface area contributed by atoms with Gasteiger partial charge in [0.05, 0.1) is 5.69 Å². The molecule has 1 saturated heterocycles. The maximum atomic E-state index is 5.91. The maximum Gasteiger partial charge on any atom is 0.153 e. The number of likely N-dealkylation sites (tertiary alicyclic amines) is 1. The highest BCUT2D eigenvalue weighted by molar-refractivity contribution is 5.32. The van der Waals surface area contributed by atoms with Crippen LogP contribution in [0.25, 0.3) is 5.82 Å².